The maximum atomic E-state index is 14.3. The third-order valence-corrected chi connectivity index (χ3v) is 17.1. The van der Waals surface area contributed by atoms with Crippen LogP contribution < -0.4 is 26.4 Å². The number of benzene rings is 1. The number of aromatic hydroxyl groups is 1. The van der Waals surface area contributed by atoms with E-state index in [1.165, 1.54) is 25.8 Å². The molecule has 5 aromatic heterocycles. The zero-order chi connectivity index (χ0) is 51.3. The number of rotatable bonds is 15. The number of nitrogens with two attached hydrogens (primary N) is 2. The van der Waals surface area contributed by atoms with Crippen LogP contribution in [0.3, 0.4) is 0 Å². The van der Waals surface area contributed by atoms with Crippen molar-refractivity contribution in [3.63, 3.8) is 0 Å². The van der Waals surface area contributed by atoms with Crippen molar-refractivity contribution in [2.24, 2.45) is 11.8 Å². The molecular formula is C50H64N14O7S2. The molecule has 3 fully saturated rings. The van der Waals surface area contributed by atoms with Gasteiger partial charge in [-0.05, 0) is 95.4 Å². The number of hydrogen-bond acceptors (Lipinski definition) is 20. The Kier molecular flexibility index (Phi) is 14.2. The topological polar surface area (TPSA) is 286 Å². The predicted octanol–water partition coefficient (Wildman–Crippen LogP) is 4.89. The number of nitrogen functional groups attached to an aromatic ring is 2. The van der Waals surface area contributed by atoms with Crippen LogP contribution in [0.4, 0.5) is 16.6 Å². The second-order valence-corrected chi connectivity index (χ2v) is 22.7. The van der Waals surface area contributed by atoms with Crippen molar-refractivity contribution in [1.82, 2.24) is 55.2 Å². The number of carbonyl (C=O) groups is 2. The Morgan fingerprint density at radius 2 is 1.90 bits per heavy atom. The van der Waals surface area contributed by atoms with Crippen LogP contribution >= 0.6 is 22.7 Å². The van der Waals surface area contributed by atoms with Gasteiger partial charge in [0.05, 0.1) is 52.1 Å². The fourth-order valence-electron chi connectivity index (χ4n) is 11.2. The number of aliphatic hydroxyl groups excluding tert-OH is 2. The number of fused-ring (bicyclic) bond motifs is 1. The molecule has 7 heterocycles. The van der Waals surface area contributed by atoms with Gasteiger partial charge in [-0.2, -0.15) is 4.98 Å². The van der Waals surface area contributed by atoms with Gasteiger partial charge in [-0.25, -0.2) is 19.6 Å². The summed E-state index contributed by atoms with van der Waals surface area (Å²) in [5.74, 6) is 0.980. The van der Waals surface area contributed by atoms with Crippen LogP contribution in [0.15, 0.2) is 46.7 Å². The number of aromatic nitrogens is 8. The molecule has 8 N–H and O–H groups in total. The minimum absolute atomic E-state index is 0.0102. The number of amides is 2. The third kappa shape index (κ3) is 9.96. The number of thiazole rings is 1. The highest BCUT2D eigenvalue weighted by Gasteiger charge is 2.45. The summed E-state index contributed by atoms with van der Waals surface area (Å²) in [7, 11) is 0. The molecular weight excluding hydrogens is 973 g/mol. The summed E-state index contributed by atoms with van der Waals surface area (Å²) in [6.07, 6.45) is 7.78. The fraction of sp³-hybridized carbons (Fsp3) is 0.540. The second-order valence-electron chi connectivity index (χ2n) is 20.7. The number of aryl methyl sites for hydroxylation is 2. The number of thiophene rings is 1. The zero-order valence-corrected chi connectivity index (χ0v) is 43.4. The molecule has 4 aliphatic rings. The lowest BCUT2D eigenvalue weighted by Crippen LogP contribution is -2.50. The number of ether oxygens (including phenoxy) is 1. The lowest BCUT2D eigenvalue weighted by molar-refractivity contribution is -0.142. The van der Waals surface area contributed by atoms with Gasteiger partial charge in [0.1, 0.15) is 34.6 Å². The molecule has 21 nitrogen and oxygen atoms in total. The van der Waals surface area contributed by atoms with Crippen LogP contribution in [0.25, 0.3) is 22.0 Å². The van der Waals surface area contributed by atoms with E-state index in [0.717, 1.165) is 86.4 Å². The summed E-state index contributed by atoms with van der Waals surface area (Å²) >= 11 is 2.99. The molecule has 73 heavy (non-hydrogen) atoms. The summed E-state index contributed by atoms with van der Waals surface area (Å²) in [5.41, 5.74) is 18.0. The first-order valence-electron chi connectivity index (χ1n) is 25.1. The van der Waals surface area contributed by atoms with Crippen molar-refractivity contribution in [2.75, 3.05) is 55.7 Å². The van der Waals surface area contributed by atoms with E-state index in [1.807, 2.05) is 26.8 Å². The van der Waals surface area contributed by atoms with Crippen LogP contribution in [0.2, 0.25) is 0 Å². The monoisotopic (exact) mass is 1040 g/mol. The zero-order valence-electron chi connectivity index (χ0n) is 41.7. The highest BCUT2D eigenvalue weighted by atomic mass is 32.1. The number of nitrogens with one attached hydrogen (secondary N) is 1. The van der Waals surface area contributed by atoms with Crippen LogP contribution in [0, 0.1) is 18.8 Å². The second kappa shape index (κ2) is 20.6. The number of phenolic OH excluding ortho intramolecular Hbond substituents is 1. The Labute approximate surface area is 431 Å². The number of nitrogens with zero attached hydrogens (tertiary/aromatic N) is 11. The van der Waals surface area contributed by atoms with E-state index in [-0.39, 0.29) is 36.8 Å². The minimum Gasteiger partial charge on any atom is -0.508 e. The van der Waals surface area contributed by atoms with Gasteiger partial charge in [0.2, 0.25) is 29.5 Å². The van der Waals surface area contributed by atoms with E-state index in [0.29, 0.717) is 51.4 Å². The first-order chi connectivity index (χ1) is 35.1. The number of hydrogen-bond donors (Lipinski definition) is 6. The first kappa shape index (κ1) is 50.3. The molecule has 2 aliphatic carbocycles. The Morgan fingerprint density at radius 1 is 1.08 bits per heavy atom. The molecule has 2 saturated heterocycles. The average molecular weight is 1040 g/mol. The van der Waals surface area contributed by atoms with Crippen molar-refractivity contribution < 1.29 is 34.2 Å². The molecule has 6 atom stereocenters. The van der Waals surface area contributed by atoms with Crippen molar-refractivity contribution in [2.45, 2.75) is 121 Å². The van der Waals surface area contributed by atoms with Crippen LogP contribution in [-0.4, -0.2) is 141 Å². The fourth-order valence-corrected chi connectivity index (χ4v) is 13.2. The summed E-state index contributed by atoms with van der Waals surface area (Å²) in [4.78, 5) is 55.2. The van der Waals surface area contributed by atoms with Gasteiger partial charge in [-0.3, -0.25) is 9.59 Å². The number of anilines is 3. The Bertz CT molecular complexity index is 2950. The third-order valence-electron chi connectivity index (χ3n) is 15.1. The van der Waals surface area contributed by atoms with E-state index in [1.54, 1.807) is 47.4 Å². The normalized spacial score (nSPS) is 24.2. The molecule has 0 unspecified atom stereocenters. The van der Waals surface area contributed by atoms with Gasteiger partial charge < -0.3 is 56.1 Å². The average Bonchev–Trinajstić information content (AvgIpc) is 4.21. The summed E-state index contributed by atoms with van der Waals surface area (Å²) < 4.78 is 13.7. The number of β-amino-alcohol motifs (C(OH)–C–C–N with tert-alkyl or cyclic N) is 1. The van der Waals surface area contributed by atoms with E-state index in [2.05, 4.69) is 54.4 Å². The highest BCUT2D eigenvalue weighted by molar-refractivity contribution is 7.16. The van der Waals surface area contributed by atoms with Crippen molar-refractivity contribution in [3.8, 4) is 33.6 Å². The van der Waals surface area contributed by atoms with Gasteiger partial charge in [-0.1, -0.05) is 41.4 Å². The Morgan fingerprint density at radius 3 is 2.66 bits per heavy atom. The molecule has 0 spiro atoms. The SMILES string of the molecule is Cc1ncsc1-c1ccc([C@H](CO)NC(=O)[C@@H]2C[C@@H](O)CN2C(=O)[C@H](C(C)C)n2cc(OC3CC(CN4CCCN(c5nccc(-c6noc([C@@]7(C)CCCc8sc(N)c(N)c87)n6)n5)[C@@H](C)C4)C3)nn2)c(O)c1. The molecule has 6 aromatic rings. The molecule has 0 radical (unpaired) electrons. The lowest BCUT2D eigenvalue weighted by atomic mass is 9.73. The molecule has 388 valence electrons. The highest BCUT2D eigenvalue weighted by Crippen LogP contribution is 2.50. The van der Waals surface area contributed by atoms with Gasteiger partial charge in [0, 0.05) is 60.8 Å². The summed E-state index contributed by atoms with van der Waals surface area (Å²) in [5, 5.41) is 48.5. The first-order valence-corrected chi connectivity index (χ1v) is 26.8. The predicted molar refractivity (Wildman–Crippen MR) is 275 cm³/mol. The van der Waals surface area contributed by atoms with E-state index in [4.69, 9.17) is 30.7 Å². The minimum atomic E-state index is -1.02. The lowest BCUT2D eigenvalue weighted by Gasteiger charge is -2.38. The smallest absolute Gasteiger partial charge is 0.253 e. The van der Waals surface area contributed by atoms with Crippen LogP contribution in [-0.2, 0) is 21.4 Å². The van der Waals surface area contributed by atoms with Crippen LogP contribution in [0.1, 0.15) is 106 Å². The number of aliphatic hydroxyl groups is 2. The Balaban J connectivity index is 0.720. The molecule has 1 aromatic carbocycles. The van der Waals surface area contributed by atoms with Gasteiger partial charge in [-0.15, -0.1) is 22.7 Å². The van der Waals surface area contributed by atoms with E-state index < -0.39 is 48.1 Å². The van der Waals surface area contributed by atoms with Gasteiger partial charge in [0.25, 0.3) is 5.88 Å². The van der Waals surface area contributed by atoms with Gasteiger partial charge >= 0.3 is 0 Å². The number of phenols is 1. The molecule has 23 heteroatoms. The van der Waals surface area contributed by atoms with E-state index >= 15 is 0 Å². The van der Waals surface area contributed by atoms with Crippen molar-refractivity contribution >= 4 is 51.1 Å². The number of likely N-dealkylation sites (tertiary alicyclic amines) is 1. The quantitative estimate of drug-likeness (QED) is 0.0798. The summed E-state index contributed by atoms with van der Waals surface area (Å²) in [6.45, 7) is 12.9. The standard InChI is InChI=1S/C50H64N14O7S2/c1-26(2)42(47(69)63-22-31(66)19-36(63)46(68)55-35(24-65)33-10-9-30(18-37(33)67)43-28(4)54-25-72-43)64-23-39(58-60-64)70-32-16-29(17-32)21-61-14-7-15-62(27(3)20-61)49-53-13-11-34(56-49)45-57-48(71-59-45)50(5)12-6-8-38-40(50)41(51)44(52)73-38/h9-11,13,18,23,25-27,29,31-32,35-36,42,65-67H,6-8,12,14-17,19-22,24,51-52H2,1-5H3,(H,55,68)/t27-,29?,31+,32?,35-,36-,42-,50-/m0/s1. The number of carbonyl (C=O) groups excluding carboxylic acids is 2. The maximum Gasteiger partial charge on any atom is 0.253 e. The van der Waals surface area contributed by atoms with E-state index in [9.17, 15) is 24.9 Å². The largest absolute Gasteiger partial charge is 0.508 e. The van der Waals surface area contributed by atoms with Gasteiger partial charge in [0.15, 0.2) is 0 Å². The maximum absolute atomic E-state index is 14.3. The van der Waals surface area contributed by atoms with Crippen molar-refractivity contribution in [1.29, 1.82) is 0 Å². The molecule has 2 amide bonds. The molecule has 1 saturated carbocycles. The van der Waals surface area contributed by atoms with Crippen molar-refractivity contribution in [3.05, 3.63) is 69.8 Å². The molecule has 10 rings (SSSR count). The Hall–Kier alpha value is -6.27. The molecule has 2 aliphatic heterocycles. The summed E-state index contributed by atoms with van der Waals surface area (Å²) in [6, 6.07) is 4.17. The van der Waals surface area contributed by atoms with Crippen LogP contribution in [0.5, 0.6) is 11.6 Å². The molecule has 0 bridgehead atoms.